The fraction of sp³-hybridized carbons (Fsp3) is 0. The number of nitrogens with two attached hydrogens (primary N) is 1. The second-order valence-corrected chi connectivity index (χ2v) is 5.85. The molecule has 0 amide bonds. The third-order valence-corrected chi connectivity index (χ3v) is 4.43. The van der Waals surface area contributed by atoms with Crippen LogP contribution in [0.2, 0.25) is 0 Å². The maximum Gasteiger partial charge on any atom is 0.0951 e. The van der Waals surface area contributed by atoms with E-state index in [9.17, 15) is 0 Å². The fourth-order valence-electron chi connectivity index (χ4n) is 2.51. The summed E-state index contributed by atoms with van der Waals surface area (Å²) in [5, 5.41) is 7.86. The predicted molar refractivity (Wildman–Crippen MR) is 91.3 cm³/mol. The minimum absolute atomic E-state index is 0.699. The average molecular weight is 291 g/mol. The maximum atomic E-state index is 5.99. The molecule has 4 rings (SSSR count). The minimum atomic E-state index is 0.699. The van der Waals surface area contributed by atoms with Gasteiger partial charge in [-0.25, -0.2) is 0 Å². The third kappa shape index (κ3) is 2.10. The van der Waals surface area contributed by atoms with Gasteiger partial charge in [-0.05, 0) is 47.2 Å². The number of aromatic nitrogens is 1. The van der Waals surface area contributed by atoms with Gasteiger partial charge in [-0.15, -0.1) is 11.3 Å². The quantitative estimate of drug-likeness (QED) is 0.523. The summed E-state index contributed by atoms with van der Waals surface area (Å²) >= 11 is 1.75. The first-order valence-corrected chi connectivity index (χ1v) is 7.57. The van der Waals surface area contributed by atoms with Crippen molar-refractivity contribution in [3.8, 4) is 0 Å². The average Bonchev–Trinajstić information content (AvgIpc) is 2.96. The van der Waals surface area contributed by atoms with Gasteiger partial charge in [0.15, 0.2) is 0 Å². The number of hydrogen-bond acceptors (Lipinski definition) is 4. The molecule has 2 aromatic carbocycles. The molecule has 0 aliphatic carbocycles. The van der Waals surface area contributed by atoms with Crippen LogP contribution in [0.4, 0.5) is 17.1 Å². The molecule has 0 unspecified atom stereocenters. The Morgan fingerprint density at radius 3 is 2.95 bits per heavy atom. The van der Waals surface area contributed by atoms with Gasteiger partial charge in [0.1, 0.15) is 0 Å². The number of nitrogens with zero attached hydrogens (tertiary/aromatic N) is 1. The molecule has 3 N–H and O–H groups in total. The second-order valence-electron chi connectivity index (χ2n) is 4.90. The number of anilines is 3. The summed E-state index contributed by atoms with van der Waals surface area (Å²) < 4.78 is 1.30. The van der Waals surface area contributed by atoms with Crippen LogP contribution < -0.4 is 11.1 Å². The van der Waals surface area contributed by atoms with Crippen LogP contribution in [0, 0.1) is 0 Å². The van der Waals surface area contributed by atoms with Crippen LogP contribution in [-0.4, -0.2) is 4.98 Å². The summed E-state index contributed by atoms with van der Waals surface area (Å²) in [7, 11) is 0. The molecule has 21 heavy (non-hydrogen) atoms. The Morgan fingerprint density at radius 2 is 2.00 bits per heavy atom. The Kier molecular flexibility index (Phi) is 2.75. The van der Waals surface area contributed by atoms with Crippen LogP contribution in [0.1, 0.15) is 0 Å². The topological polar surface area (TPSA) is 50.9 Å². The summed E-state index contributed by atoms with van der Waals surface area (Å²) in [6.07, 6.45) is 1.78. The largest absolute Gasteiger partial charge is 0.397 e. The van der Waals surface area contributed by atoms with Crippen LogP contribution in [0.25, 0.3) is 21.0 Å². The van der Waals surface area contributed by atoms with Crippen LogP contribution in [0.5, 0.6) is 0 Å². The first-order chi connectivity index (χ1) is 10.3. The normalized spacial score (nSPS) is 11.0. The number of nitrogens with one attached hydrogen (secondary N) is 1. The van der Waals surface area contributed by atoms with Gasteiger partial charge in [0.25, 0.3) is 0 Å². The minimum Gasteiger partial charge on any atom is -0.397 e. The van der Waals surface area contributed by atoms with E-state index in [1.54, 1.807) is 17.5 Å². The first-order valence-electron chi connectivity index (χ1n) is 6.69. The Hall–Kier alpha value is -2.59. The molecule has 2 heterocycles. The third-order valence-electron chi connectivity index (χ3n) is 3.53. The standard InChI is InChI=1S/C17H13N3S/c18-14-3-1-2-13-15(6-8-19-17(13)14)20-12-4-5-16-11(10-12)7-9-21-16/h1-10H,18H2,(H,19,20). The molecular formula is C17H13N3S. The summed E-state index contributed by atoms with van der Waals surface area (Å²) in [4.78, 5) is 4.36. The summed E-state index contributed by atoms with van der Waals surface area (Å²) in [6, 6.07) is 16.3. The number of fused-ring (bicyclic) bond motifs is 2. The van der Waals surface area contributed by atoms with Crippen molar-refractivity contribution in [2.75, 3.05) is 11.1 Å². The van der Waals surface area contributed by atoms with Gasteiger partial charge in [-0.1, -0.05) is 12.1 Å². The highest BCUT2D eigenvalue weighted by molar-refractivity contribution is 7.17. The van der Waals surface area contributed by atoms with E-state index in [-0.39, 0.29) is 0 Å². The Bertz CT molecular complexity index is 943. The van der Waals surface area contributed by atoms with Crippen molar-refractivity contribution >= 4 is 49.4 Å². The van der Waals surface area contributed by atoms with Gasteiger partial charge in [0, 0.05) is 27.7 Å². The molecule has 0 aliphatic rings. The molecule has 0 saturated heterocycles. The molecule has 4 aromatic rings. The summed E-state index contributed by atoms with van der Waals surface area (Å²) in [5.74, 6) is 0. The highest BCUT2D eigenvalue weighted by Gasteiger charge is 2.05. The van der Waals surface area contributed by atoms with Crippen molar-refractivity contribution in [1.29, 1.82) is 0 Å². The molecule has 4 heteroatoms. The smallest absolute Gasteiger partial charge is 0.0951 e. The number of nitrogen functional groups attached to an aromatic ring is 1. The summed E-state index contributed by atoms with van der Waals surface area (Å²) in [6.45, 7) is 0. The molecule has 102 valence electrons. The molecule has 0 atom stereocenters. The number of benzene rings is 2. The molecule has 0 bridgehead atoms. The van der Waals surface area contributed by atoms with Gasteiger partial charge < -0.3 is 11.1 Å². The highest BCUT2D eigenvalue weighted by Crippen LogP contribution is 2.30. The summed E-state index contributed by atoms with van der Waals surface area (Å²) in [5.41, 5.74) is 9.60. The zero-order valence-electron chi connectivity index (χ0n) is 11.2. The Balaban J connectivity index is 1.81. The molecule has 0 radical (unpaired) electrons. The van der Waals surface area contributed by atoms with Gasteiger partial charge in [-0.2, -0.15) is 0 Å². The van der Waals surface area contributed by atoms with E-state index in [1.807, 2.05) is 24.3 Å². The Labute approximate surface area is 126 Å². The van der Waals surface area contributed by atoms with E-state index in [0.29, 0.717) is 5.69 Å². The second kappa shape index (κ2) is 4.75. The van der Waals surface area contributed by atoms with Crippen molar-refractivity contribution < 1.29 is 0 Å². The lowest BCUT2D eigenvalue weighted by molar-refractivity contribution is 1.41. The van der Waals surface area contributed by atoms with Crippen molar-refractivity contribution in [3.63, 3.8) is 0 Å². The van der Waals surface area contributed by atoms with Gasteiger partial charge in [-0.3, -0.25) is 4.98 Å². The SMILES string of the molecule is Nc1cccc2c(Nc3ccc4sccc4c3)ccnc12. The van der Waals surface area contributed by atoms with E-state index in [4.69, 9.17) is 5.73 Å². The van der Waals surface area contributed by atoms with Crippen LogP contribution in [0.15, 0.2) is 60.1 Å². The van der Waals surface area contributed by atoms with E-state index < -0.39 is 0 Å². The number of hydrogen-bond donors (Lipinski definition) is 2. The Morgan fingerprint density at radius 1 is 1.05 bits per heavy atom. The van der Waals surface area contributed by atoms with E-state index in [0.717, 1.165) is 22.3 Å². The molecule has 2 aromatic heterocycles. The van der Waals surface area contributed by atoms with Crippen molar-refractivity contribution in [2.24, 2.45) is 0 Å². The van der Waals surface area contributed by atoms with Crippen molar-refractivity contribution in [1.82, 2.24) is 4.98 Å². The van der Waals surface area contributed by atoms with Crippen molar-refractivity contribution in [2.45, 2.75) is 0 Å². The lowest BCUT2D eigenvalue weighted by atomic mass is 10.1. The van der Waals surface area contributed by atoms with Gasteiger partial charge >= 0.3 is 0 Å². The van der Waals surface area contributed by atoms with Crippen molar-refractivity contribution in [3.05, 3.63) is 60.1 Å². The van der Waals surface area contributed by atoms with E-state index >= 15 is 0 Å². The van der Waals surface area contributed by atoms with Crippen LogP contribution in [-0.2, 0) is 0 Å². The maximum absolute atomic E-state index is 5.99. The zero-order valence-corrected chi connectivity index (χ0v) is 12.0. The van der Waals surface area contributed by atoms with Crippen LogP contribution in [0.3, 0.4) is 0 Å². The lowest BCUT2D eigenvalue weighted by Gasteiger charge is -2.10. The lowest BCUT2D eigenvalue weighted by Crippen LogP contribution is -1.95. The van der Waals surface area contributed by atoms with E-state index in [2.05, 4.69) is 39.9 Å². The fourth-order valence-corrected chi connectivity index (χ4v) is 3.28. The predicted octanol–water partition coefficient (Wildman–Crippen LogP) is 4.78. The molecule has 3 nitrogen and oxygen atoms in total. The number of rotatable bonds is 2. The molecule has 0 fully saturated rings. The number of pyridine rings is 1. The molecule has 0 saturated carbocycles. The van der Waals surface area contributed by atoms with Gasteiger partial charge in [0.05, 0.1) is 11.2 Å². The first kappa shape index (κ1) is 12.2. The molecular weight excluding hydrogens is 278 g/mol. The highest BCUT2D eigenvalue weighted by atomic mass is 32.1. The van der Waals surface area contributed by atoms with E-state index in [1.165, 1.54) is 10.1 Å². The van der Waals surface area contributed by atoms with Gasteiger partial charge in [0.2, 0.25) is 0 Å². The monoisotopic (exact) mass is 291 g/mol. The number of para-hydroxylation sites is 1. The zero-order chi connectivity index (χ0) is 14.2. The molecule has 0 aliphatic heterocycles. The number of thiophene rings is 1. The van der Waals surface area contributed by atoms with Crippen LogP contribution >= 0.6 is 11.3 Å². The molecule has 0 spiro atoms.